The third-order valence-corrected chi connectivity index (χ3v) is 7.48. The van der Waals surface area contributed by atoms with Crippen molar-refractivity contribution in [1.29, 1.82) is 0 Å². The van der Waals surface area contributed by atoms with E-state index in [-0.39, 0.29) is 4.90 Å². The Labute approximate surface area is 185 Å². The molecule has 1 aliphatic heterocycles. The highest BCUT2D eigenvalue weighted by atomic mass is 35.5. The molecule has 6 nitrogen and oxygen atoms in total. The van der Waals surface area contributed by atoms with Crippen molar-refractivity contribution in [2.45, 2.75) is 4.90 Å². The number of hydrogen-bond acceptors (Lipinski definition) is 5. The van der Waals surface area contributed by atoms with Gasteiger partial charge in [0, 0.05) is 30.4 Å². The topological polar surface area (TPSA) is 64.4 Å². The fraction of sp³-hybridized carbons (Fsp3) is 0.174. The molecule has 2 aromatic heterocycles. The molecule has 0 aliphatic carbocycles. The van der Waals surface area contributed by atoms with E-state index in [4.69, 9.17) is 16.3 Å². The van der Waals surface area contributed by atoms with Crippen LogP contribution in [0, 0.1) is 0 Å². The molecule has 0 radical (unpaired) electrons. The van der Waals surface area contributed by atoms with Crippen LogP contribution in [0.1, 0.15) is 0 Å². The maximum Gasteiger partial charge on any atom is 0.269 e. The van der Waals surface area contributed by atoms with Crippen LogP contribution in [0.4, 0.5) is 5.69 Å². The minimum absolute atomic E-state index is 0.195. The van der Waals surface area contributed by atoms with Crippen molar-refractivity contribution in [2.75, 3.05) is 31.2 Å². The van der Waals surface area contributed by atoms with Crippen LogP contribution >= 0.6 is 11.6 Å². The van der Waals surface area contributed by atoms with Crippen molar-refractivity contribution >= 4 is 38.3 Å². The van der Waals surface area contributed by atoms with Gasteiger partial charge in [-0.1, -0.05) is 41.9 Å². The van der Waals surface area contributed by atoms with Crippen LogP contribution in [0.5, 0.6) is 0 Å². The highest BCUT2D eigenvalue weighted by molar-refractivity contribution is 7.90. The molecule has 4 aromatic rings. The molecule has 0 unspecified atom stereocenters. The summed E-state index contributed by atoms with van der Waals surface area (Å²) in [5.74, 6) is 0. The summed E-state index contributed by atoms with van der Waals surface area (Å²) >= 11 is 6.39. The van der Waals surface area contributed by atoms with Gasteiger partial charge < -0.3 is 9.64 Å². The van der Waals surface area contributed by atoms with Gasteiger partial charge in [-0.2, -0.15) is 0 Å². The van der Waals surface area contributed by atoms with Gasteiger partial charge in [0.25, 0.3) is 10.0 Å². The van der Waals surface area contributed by atoms with Crippen LogP contribution in [0.2, 0.25) is 5.02 Å². The maximum absolute atomic E-state index is 13.6. The fourth-order valence-electron chi connectivity index (χ4n) is 3.85. The number of hydrogen-bond donors (Lipinski definition) is 0. The van der Waals surface area contributed by atoms with Crippen molar-refractivity contribution in [1.82, 2.24) is 8.96 Å². The zero-order valence-electron chi connectivity index (χ0n) is 16.6. The molecular formula is C23H20ClN3O3S. The minimum Gasteiger partial charge on any atom is -0.378 e. The molecule has 0 atom stereocenters. The first-order chi connectivity index (χ1) is 15.1. The van der Waals surface area contributed by atoms with Gasteiger partial charge >= 0.3 is 0 Å². The molecule has 8 heteroatoms. The number of benzene rings is 2. The molecule has 31 heavy (non-hydrogen) atoms. The van der Waals surface area contributed by atoms with E-state index >= 15 is 0 Å². The lowest BCUT2D eigenvalue weighted by atomic mass is 10.1. The van der Waals surface area contributed by atoms with Gasteiger partial charge in [-0.25, -0.2) is 17.4 Å². The average Bonchev–Trinajstić information content (AvgIpc) is 3.22. The van der Waals surface area contributed by atoms with Crippen LogP contribution in [0.15, 0.2) is 77.8 Å². The lowest BCUT2D eigenvalue weighted by molar-refractivity contribution is 0.122. The number of aromatic nitrogens is 2. The Morgan fingerprint density at radius 2 is 1.65 bits per heavy atom. The first-order valence-corrected chi connectivity index (χ1v) is 11.8. The normalized spacial score (nSPS) is 14.8. The summed E-state index contributed by atoms with van der Waals surface area (Å²) in [5, 5.41) is 1.05. The van der Waals surface area contributed by atoms with Gasteiger partial charge in [0.1, 0.15) is 0 Å². The van der Waals surface area contributed by atoms with Gasteiger partial charge in [-0.15, -0.1) is 0 Å². The second-order valence-corrected chi connectivity index (χ2v) is 9.48. The molecule has 1 saturated heterocycles. The first-order valence-electron chi connectivity index (χ1n) is 9.95. The number of rotatable bonds is 4. The fourth-order valence-corrected chi connectivity index (χ4v) is 5.55. The summed E-state index contributed by atoms with van der Waals surface area (Å²) in [4.78, 5) is 6.79. The van der Waals surface area contributed by atoms with E-state index in [0.717, 1.165) is 24.3 Å². The number of anilines is 1. The standard InChI is InChI=1S/C23H20ClN3O3S/c24-21-10-11-25-23-20(21)16-22(27(23)31(28,29)19-4-2-1-3-5-19)17-6-8-18(9-7-17)26-12-14-30-15-13-26/h1-11,16H,12-15H2. The van der Waals surface area contributed by atoms with E-state index in [1.54, 1.807) is 42.5 Å². The Bertz CT molecular complexity index is 1330. The largest absolute Gasteiger partial charge is 0.378 e. The van der Waals surface area contributed by atoms with Crippen LogP contribution < -0.4 is 4.90 Å². The highest BCUT2D eigenvalue weighted by Crippen LogP contribution is 2.35. The maximum atomic E-state index is 13.6. The predicted molar refractivity (Wildman–Crippen MR) is 122 cm³/mol. The minimum atomic E-state index is -3.88. The number of ether oxygens (including phenoxy) is 1. The molecule has 3 heterocycles. The molecule has 1 aliphatic rings. The van der Waals surface area contributed by atoms with E-state index in [1.807, 2.05) is 24.3 Å². The van der Waals surface area contributed by atoms with Crippen molar-refractivity contribution in [3.8, 4) is 11.3 Å². The van der Waals surface area contributed by atoms with E-state index in [0.29, 0.717) is 35.0 Å². The summed E-state index contributed by atoms with van der Waals surface area (Å²) in [6, 6.07) is 19.7. The SMILES string of the molecule is O=S(=O)(c1ccccc1)n1c(-c2ccc(N3CCOCC3)cc2)cc2c(Cl)ccnc21. The van der Waals surface area contributed by atoms with Gasteiger partial charge in [0.15, 0.2) is 5.65 Å². The zero-order chi connectivity index (χ0) is 21.4. The number of nitrogens with zero attached hydrogens (tertiary/aromatic N) is 3. The Balaban J connectivity index is 1.67. The lowest BCUT2D eigenvalue weighted by Gasteiger charge is -2.28. The summed E-state index contributed by atoms with van der Waals surface area (Å²) in [5.41, 5.74) is 2.68. The second-order valence-electron chi connectivity index (χ2n) is 7.29. The van der Waals surface area contributed by atoms with E-state index in [2.05, 4.69) is 9.88 Å². The molecular weight excluding hydrogens is 434 g/mol. The predicted octanol–water partition coefficient (Wildman–Crippen LogP) is 4.43. The Morgan fingerprint density at radius 1 is 0.935 bits per heavy atom. The first kappa shape index (κ1) is 20.1. The van der Waals surface area contributed by atoms with Crippen molar-refractivity contribution in [2.24, 2.45) is 0 Å². The molecule has 0 saturated carbocycles. The van der Waals surface area contributed by atoms with Crippen molar-refractivity contribution in [3.63, 3.8) is 0 Å². The molecule has 158 valence electrons. The molecule has 0 bridgehead atoms. The summed E-state index contributed by atoms with van der Waals surface area (Å²) in [6.07, 6.45) is 1.52. The molecule has 2 aromatic carbocycles. The Morgan fingerprint density at radius 3 is 2.35 bits per heavy atom. The Kier molecular flexibility index (Phi) is 5.17. The van der Waals surface area contributed by atoms with Gasteiger partial charge in [0.2, 0.25) is 0 Å². The highest BCUT2D eigenvalue weighted by Gasteiger charge is 2.25. The van der Waals surface area contributed by atoms with Crippen LogP contribution in [-0.2, 0) is 14.8 Å². The third kappa shape index (κ3) is 3.59. The lowest BCUT2D eigenvalue weighted by Crippen LogP contribution is -2.36. The zero-order valence-corrected chi connectivity index (χ0v) is 18.2. The summed E-state index contributed by atoms with van der Waals surface area (Å²) in [6.45, 7) is 3.08. The van der Waals surface area contributed by atoms with Crippen LogP contribution in [-0.4, -0.2) is 43.7 Å². The number of halogens is 1. The molecule has 1 fully saturated rings. The quantitative estimate of drug-likeness (QED) is 0.457. The van der Waals surface area contributed by atoms with Crippen LogP contribution in [0.25, 0.3) is 22.3 Å². The molecule has 0 N–H and O–H groups in total. The Hall–Kier alpha value is -2.87. The van der Waals surface area contributed by atoms with Gasteiger partial charge in [-0.3, -0.25) is 0 Å². The van der Waals surface area contributed by atoms with E-state index in [9.17, 15) is 8.42 Å². The number of pyridine rings is 1. The van der Waals surface area contributed by atoms with E-state index < -0.39 is 10.0 Å². The van der Waals surface area contributed by atoms with Crippen LogP contribution in [0.3, 0.4) is 0 Å². The molecule has 0 spiro atoms. The molecule has 0 amide bonds. The second kappa shape index (κ2) is 8.00. The van der Waals surface area contributed by atoms with E-state index in [1.165, 1.54) is 10.2 Å². The average molecular weight is 454 g/mol. The van der Waals surface area contributed by atoms with Gasteiger partial charge in [0.05, 0.1) is 28.8 Å². The number of morpholine rings is 1. The third-order valence-electron chi connectivity index (χ3n) is 5.43. The number of fused-ring (bicyclic) bond motifs is 1. The van der Waals surface area contributed by atoms with Crippen molar-refractivity contribution in [3.05, 3.63) is 77.9 Å². The monoisotopic (exact) mass is 453 g/mol. The summed E-state index contributed by atoms with van der Waals surface area (Å²) in [7, 11) is -3.88. The smallest absolute Gasteiger partial charge is 0.269 e. The van der Waals surface area contributed by atoms with Crippen molar-refractivity contribution < 1.29 is 13.2 Å². The summed E-state index contributed by atoms with van der Waals surface area (Å²) < 4.78 is 33.9. The van der Waals surface area contributed by atoms with Gasteiger partial charge in [-0.05, 0) is 42.0 Å². The molecule has 5 rings (SSSR count).